The standard InChI is InChI=1S/C18H16N2O4S/c21-15-11-14(25-16-13(18(23)24)7-4-9-19-16)17(22)20(15)10-8-12-5-2-1-3-6-12/h1-7,9,14H,8,10-11H2,(H,23,24)/t14-/m1/s1. The van der Waals surface area contributed by atoms with E-state index in [1.807, 2.05) is 30.3 Å². The van der Waals surface area contributed by atoms with Gasteiger partial charge in [0.05, 0.1) is 10.8 Å². The smallest absolute Gasteiger partial charge is 0.338 e. The molecule has 1 aromatic heterocycles. The average Bonchev–Trinajstić information content (AvgIpc) is 2.88. The first kappa shape index (κ1) is 17.2. The second-order valence-electron chi connectivity index (χ2n) is 5.59. The number of rotatable bonds is 6. The molecular formula is C18H16N2O4S. The molecule has 1 aliphatic heterocycles. The quantitative estimate of drug-likeness (QED) is 0.799. The molecule has 1 fully saturated rings. The zero-order chi connectivity index (χ0) is 17.8. The Morgan fingerprint density at radius 1 is 1.20 bits per heavy atom. The number of aromatic nitrogens is 1. The molecule has 0 spiro atoms. The Kier molecular flexibility index (Phi) is 5.14. The highest BCUT2D eigenvalue weighted by Crippen LogP contribution is 2.32. The molecule has 1 aliphatic rings. The largest absolute Gasteiger partial charge is 0.478 e. The second-order valence-corrected chi connectivity index (χ2v) is 6.78. The van der Waals surface area contributed by atoms with E-state index in [-0.39, 0.29) is 28.8 Å². The van der Waals surface area contributed by atoms with Crippen LogP contribution in [0.3, 0.4) is 0 Å². The van der Waals surface area contributed by atoms with Gasteiger partial charge in [-0.2, -0.15) is 0 Å². The Morgan fingerprint density at radius 3 is 2.68 bits per heavy atom. The normalized spacial score (nSPS) is 17.1. The fraction of sp³-hybridized carbons (Fsp3) is 0.222. The number of amides is 2. The molecule has 3 rings (SSSR count). The predicted molar refractivity (Wildman–Crippen MR) is 92.3 cm³/mol. The summed E-state index contributed by atoms with van der Waals surface area (Å²) in [7, 11) is 0. The summed E-state index contributed by atoms with van der Waals surface area (Å²) in [6.07, 6.45) is 2.14. The third-order valence-corrected chi connectivity index (χ3v) is 5.13. The van der Waals surface area contributed by atoms with Gasteiger partial charge < -0.3 is 5.11 Å². The van der Waals surface area contributed by atoms with Gasteiger partial charge in [-0.3, -0.25) is 14.5 Å². The number of carboxylic acid groups (broad SMARTS) is 1. The minimum absolute atomic E-state index is 0.0375. The number of hydrogen-bond acceptors (Lipinski definition) is 5. The number of likely N-dealkylation sites (tertiary alicyclic amines) is 1. The minimum atomic E-state index is -1.10. The summed E-state index contributed by atoms with van der Waals surface area (Å²) in [5, 5.41) is 8.83. The van der Waals surface area contributed by atoms with Gasteiger partial charge in [-0.25, -0.2) is 9.78 Å². The van der Waals surface area contributed by atoms with Crippen LogP contribution in [0.5, 0.6) is 0 Å². The molecule has 2 aromatic rings. The summed E-state index contributed by atoms with van der Waals surface area (Å²) in [6, 6.07) is 12.6. The molecule has 2 amide bonds. The van der Waals surface area contributed by atoms with Gasteiger partial charge in [-0.15, -0.1) is 0 Å². The summed E-state index contributed by atoms with van der Waals surface area (Å²) in [4.78, 5) is 41.3. The van der Waals surface area contributed by atoms with Crippen LogP contribution < -0.4 is 0 Å². The van der Waals surface area contributed by atoms with Crippen LogP contribution >= 0.6 is 11.8 Å². The van der Waals surface area contributed by atoms with E-state index in [4.69, 9.17) is 0 Å². The number of pyridine rings is 1. The van der Waals surface area contributed by atoms with Crippen LogP contribution in [0.4, 0.5) is 0 Å². The van der Waals surface area contributed by atoms with Crippen molar-refractivity contribution in [2.75, 3.05) is 6.54 Å². The zero-order valence-corrected chi connectivity index (χ0v) is 14.1. The van der Waals surface area contributed by atoms with Crippen molar-refractivity contribution in [3.05, 3.63) is 59.8 Å². The molecule has 6 nitrogen and oxygen atoms in total. The number of carboxylic acids is 1. The lowest BCUT2D eigenvalue weighted by atomic mass is 10.1. The van der Waals surface area contributed by atoms with Crippen molar-refractivity contribution in [2.24, 2.45) is 0 Å². The number of nitrogens with zero attached hydrogens (tertiary/aromatic N) is 2. The van der Waals surface area contributed by atoms with Crippen molar-refractivity contribution in [3.8, 4) is 0 Å². The molecule has 1 aromatic carbocycles. The van der Waals surface area contributed by atoms with E-state index >= 15 is 0 Å². The van der Waals surface area contributed by atoms with E-state index in [1.165, 1.54) is 23.2 Å². The lowest BCUT2D eigenvalue weighted by Gasteiger charge is -2.15. The predicted octanol–water partition coefficient (Wildman–Crippen LogP) is 2.24. The molecule has 1 atom stereocenters. The molecule has 0 bridgehead atoms. The molecular weight excluding hydrogens is 340 g/mol. The second kappa shape index (κ2) is 7.48. The average molecular weight is 356 g/mol. The van der Waals surface area contributed by atoms with E-state index in [0.717, 1.165) is 17.3 Å². The Bertz CT molecular complexity index is 810. The van der Waals surface area contributed by atoms with Gasteiger partial charge in [0.1, 0.15) is 5.03 Å². The number of thioether (sulfide) groups is 1. The fourth-order valence-electron chi connectivity index (χ4n) is 2.65. The van der Waals surface area contributed by atoms with E-state index < -0.39 is 11.2 Å². The van der Waals surface area contributed by atoms with Crippen LogP contribution in [0.25, 0.3) is 0 Å². The maximum absolute atomic E-state index is 12.5. The topological polar surface area (TPSA) is 87.6 Å². The van der Waals surface area contributed by atoms with Gasteiger partial charge in [0.25, 0.3) is 0 Å². The number of hydrogen-bond donors (Lipinski definition) is 1. The highest BCUT2D eigenvalue weighted by molar-refractivity contribution is 8.00. The van der Waals surface area contributed by atoms with E-state index in [0.29, 0.717) is 13.0 Å². The van der Waals surface area contributed by atoms with Crippen LogP contribution in [0.1, 0.15) is 22.3 Å². The molecule has 2 heterocycles. The third kappa shape index (κ3) is 3.88. The molecule has 0 saturated carbocycles. The Labute approximate surface area is 148 Å². The SMILES string of the molecule is O=C(O)c1cccnc1S[C@@H]1CC(=O)N(CCc2ccccc2)C1=O. The lowest BCUT2D eigenvalue weighted by Crippen LogP contribution is -2.33. The van der Waals surface area contributed by atoms with Crippen molar-refractivity contribution in [2.45, 2.75) is 23.1 Å². The van der Waals surface area contributed by atoms with E-state index in [2.05, 4.69) is 4.98 Å². The molecule has 128 valence electrons. The Balaban J connectivity index is 1.68. The number of carbonyl (C=O) groups is 3. The highest BCUT2D eigenvalue weighted by atomic mass is 32.2. The van der Waals surface area contributed by atoms with Gasteiger partial charge in [0, 0.05) is 19.2 Å². The van der Waals surface area contributed by atoms with Gasteiger partial charge in [0.2, 0.25) is 11.8 Å². The van der Waals surface area contributed by atoms with E-state index in [9.17, 15) is 19.5 Å². The minimum Gasteiger partial charge on any atom is -0.478 e. The Hall–Kier alpha value is -2.67. The monoisotopic (exact) mass is 356 g/mol. The van der Waals surface area contributed by atoms with Crippen LogP contribution in [0, 0.1) is 0 Å². The summed E-state index contributed by atoms with van der Waals surface area (Å²) < 4.78 is 0. The maximum Gasteiger partial charge on any atom is 0.338 e. The first-order valence-electron chi connectivity index (χ1n) is 7.79. The fourth-order valence-corrected chi connectivity index (χ4v) is 3.78. The van der Waals surface area contributed by atoms with Gasteiger partial charge >= 0.3 is 5.97 Å². The number of aromatic carboxylic acids is 1. The summed E-state index contributed by atoms with van der Waals surface area (Å²) in [6.45, 7) is 0.326. The first-order chi connectivity index (χ1) is 12.1. The molecule has 0 aliphatic carbocycles. The summed E-state index contributed by atoms with van der Waals surface area (Å²) in [5.41, 5.74) is 1.09. The maximum atomic E-state index is 12.5. The molecule has 1 saturated heterocycles. The lowest BCUT2D eigenvalue weighted by molar-refractivity contribution is -0.138. The van der Waals surface area contributed by atoms with Crippen LogP contribution in [0.2, 0.25) is 0 Å². The van der Waals surface area contributed by atoms with Crippen molar-refractivity contribution < 1.29 is 19.5 Å². The van der Waals surface area contributed by atoms with Crippen LogP contribution in [0.15, 0.2) is 53.7 Å². The van der Waals surface area contributed by atoms with E-state index in [1.54, 1.807) is 0 Å². The van der Waals surface area contributed by atoms with Crippen molar-refractivity contribution >= 4 is 29.5 Å². The van der Waals surface area contributed by atoms with Gasteiger partial charge in [0.15, 0.2) is 0 Å². The molecule has 7 heteroatoms. The van der Waals surface area contributed by atoms with Crippen LogP contribution in [-0.4, -0.2) is 44.6 Å². The number of benzene rings is 1. The number of carbonyl (C=O) groups excluding carboxylic acids is 2. The third-order valence-electron chi connectivity index (χ3n) is 3.92. The van der Waals surface area contributed by atoms with Crippen molar-refractivity contribution in [1.82, 2.24) is 9.88 Å². The first-order valence-corrected chi connectivity index (χ1v) is 8.67. The molecule has 0 radical (unpaired) electrons. The molecule has 25 heavy (non-hydrogen) atoms. The molecule has 0 unspecified atom stereocenters. The van der Waals surface area contributed by atoms with Crippen molar-refractivity contribution in [3.63, 3.8) is 0 Å². The summed E-state index contributed by atoms with van der Waals surface area (Å²) >= 11 is 1.04. The van der Waals surface area contributed by atoms with Gasteiger partial charge in [-0.1, -0.05) is 42.1 Å². The molecule has 1 N–H and O–H groups in total. The number of imide groups is 1. The highest BCUT2D eigenvalue weighted by Gasteiger charge is 2.39. The summed E-state index contributed by atoms with van der Waals surface area (Å²) in [5.74, 6) is -1.62. The Morgan fingerprint density at radius 2 is 1.96 bits per heavy atom. The van der Waals surface area contributed by atoms with Crippen LogP contribution in [-0.2, 0) is 16.0 Å². The van der Waals surface area contributed by atoms with Crippen molar-refractivity contribution in [1.29, 1.82) is 0 Å². The van der Waals surface area contributed by atoms with Gasteiger partial charge in [-0.05, 0) is 24.1 Å². The zero-order valence-electron chi connectivity index (χ0n) is 13.3.